The van der Waals surface area contributed by atoms with Crippen molar-refractivity contribution in [3.05, 3.63) is 63.6 Å². The van der Waals surface area contributed by atoms with E-state index in [1.165, 1.54) is 18.4 Å². The summed E-state index contributed by atoms with van der Waals surface area (Å²) in [7, 11) is 0. The van der Waals surface area contributed by atoms with Crippen LogP contribution in [0.25, 0.3) is 0 Å². The smallest absolute Gasteiger partial charge is 0.0542 e. The molecule has 3 rings (SSSR count). The lowest BCUT2D eigenvalue weighted by Crippen LogP contribution is -2.12. The first-order chi connectivity index (χ1) is 9.63. The van der Waals surface area contributed by atoms with Gasteiger partial charge in [0.2, 0.25) is 0 Å². The number of nitrogens with one attached hydrogen (secondary N) is 1. The van der Waals surface area contributed by atoms with Crippen molar-refractivity contribution in [1.82, 2.24) is 0 Å². The van der Waals surface area contributed by atoms with Gasteiger partial charge in [0, 0.05) is 15.7 Å². The molecule has 2 aromatic rings. The molecule has 0 aliphatic heterocycles. The first-order valence-electron chi connectivity index (χ1n) is 6.91. The summed E-state index contributed by atoms with van der Waals surface area (Å²) in [6.07, 6.45) is 2.56. The Bertz CT molecular complexity index is 603. The second kappa shape index (κ2) is 5.67. The van der Waals surface area contributed by atoms with Gasteiger partial charge in [-0.1, -0.05) is 41.4 Å². The molecule has 1 atom stereocenters. The molecule has 1 unspecified atom stereocenters. The topological polar surface area (TPSA) is 12.0 Å². The molecule has 1 nitrogen and oxygen atoms in total. The molecule has 1 aliphatic carbocycles. The Balaban J connectivity index is 1.84. The Kier molecular flexibility index (Phi) is 3.91. The average Bonchev–Trinajstić information content (AvgIpc) is 3.26. The third kappa shape index (κ3) is 3.11. The average molecular weight is 306 g/mol. The first kappa shape index (κ1) is 13.8. The van der Waals surface area contributed by atoms with E-state index in [4.69, 9.17) is 23.2 Å². The van der Waals surface area contributed by atoms with E-state index < -0.39 is 0 Å². The summed E-state index contributed by atoms with van der Waals surface area (Å²) in [5, 5.41) is 5.20. The third-order valence-electron chi connectivity index (χ3n) is 3.82. The third-order valence-corrected chi connectivity index (χ3v) is 4.48. The molecule has 0 amide bonds. The van der Waals surface area contributed by atoms with Crippen LogP contribution >= 0.6 is 23.2 Å². The summed E-state index contributed by atoms with van der Waals surface area (Å²) in [4.78, 5) is 0. The Morgan fingerprint density at radius 1 is 1.05 bits per heavy atom. The molecule has 0 aromatic heterocycles. The van der Waals surface area contributed by atoms with Crippen molar-refractivity contribution in [2.75, 3.05) is 5.32 Å². The van der Waals surface area contributed by atoms with Crippen LogP contribution in [0.2, 0.25) is 10.0 Å². The number of hydrogen-bond donors (Lipinski definition) is 1. The molecule has 1 saturated carbocycles. The number of aryl methyl sites for hydroxylation is 1. The molecule has 0 radical (unpaired) electrons. The molecule has 104 valence electrons. The number of anilines is 1. The Labute approximate surface area is 129 Å². The van der Waals surface area contributed by atoms with Crippen molar-refractivity contribution in [3.8, 4) is 0 Å². The zero-order chi connectivity index (χ0) is 14.1. The molecule has 1 N–H and O–H groups in total. The van der Waals surface area contributed by atoms with Crippen molar-refractivity contribution in [3.63, 3.8) is 0 Å². The van der Waals surface area contributed by atoms with Crippen LogP contribution in [-0.4, -0.2) is 0 Å². The van der Waals surface area contributed by atoms with Crippen LogP contribution in [0.3, 0.4) is 0 Å². The number of rotatable bonds is 4. The SMILES string of the molecule is Cc1ccc(NC(c2ccc(Cl)cc2)C2CC2)cc1Cl. The summed E-state index contributed by atoms with van der Waals surface area (Å²) in [5.41, 5.74) is 3.47. The zero-order valence-electron chi connectivity index (χ0n) is 11.4. The normalized spacial score (nSPS) is 15.9. The second-order valence-electron chi connectivity index (χ2n) is 5.47. The molecular formula is C17H17Cl2N. The summed E-state index contributed by atoms with van der Waals surface area (Å²) in [6.45, 7) is 2.02. The molecular weight excluding hydrogens is 289 g/mol. The molecule has 1 aliphatic rings. The lowest BCUT2D eigenvalue weighted by Gasteiger charge is -2.20. The van der Waals surface area contributed by atoms with Gasteiger partial charge in [0.15, 0.2) is 0 Å². The van der Waals surface area contributed by atoms with Crippen LogP contribution in [-0.2, 0) is 0 Å². The van der Waals surface area contributed by atoms with Gasteiger partial charge in [-0.15, -0.1) is 0 Å². The van der Waals surface area contributed by atoms with Gasteiger partial charge < -0.3 is 5.32 Å². The van der Waals surface area contributed by atoms with Gasteiger partial charge in [0.05, 0.1) is 6.04 Å². The van der Waals surface area contributed by atoms with Crippen molar-refractivity contribution in [1.29, 1.82) is 0 Å². The van der Waals surface area contributed by atoms with Crippen molar-refractivity contribution in [2.24, 2.45) is 5.92 Å². The van der Waals surface area contributed by atoms with Gasteiger partial charge in [0.25, 0.3) is 0 Å². The molecule has 0 saturated heterocycles. The van der Waals surface area contributed by atoms with Crippen molar-refractivity contribution < 1.29 is 0 Å². The largest absolute Gasteiger partial charge is 0.378 e. The molecule has 3 heteroatoms. The van der Waals surface area contributed by atoms with E-state index in [0.717, 1.165) is 21.3 Å². The predicted octanol–water partition coefficient (Wildman–Crippen LogP) is 5.87. The molecule has 1 fully saturated rings. The van der Waals surface area contributed by atoms with Crippen LogP contribution in [0.1, 0.15) is 30.0 Å². The minimum Gasteiger partial charge on any atom is -0.378 e. The van der Waals surface area contributed by atoms with Gasteiger partial charge in [-0.25, -0.2) is 0 Å². The molecule has 2 aromatic carbocycles. The number of hydrogen-bond acceptors (Lipinski definition) is 1. The maximum Gasteiger partial charge on any atom is 0.0542 e. The van der Waals surface area contributed by atoms with E-state index in [9.17, 15) is 0 Å². The zero-order valence-corrected chi connectivity index (χ0v) is 12.9. The Morgan fingerprint density at radius 2 is 1.75 bits per heavy atom. The molecule has 0 spiro atoms. The lowest BCUT2D eigenvalue weighted by atomic mass is 10.0. The van der Waals surface area contributed by atoms with Crippen LogP contribution in [0.5, 0.6) is 0 Å². The predicted molar refractivity (Wildman–Crippen MR) is 86.7 cm³/mol. The van der Waals surface area contributed by atoms with Gasteiger partial charge in [-0.3, -0.25) is 0 Å². The van der Waals surface area contributed by atoms with E-state index in [1.54, 1.807) is 0 Å². The van der Waals surface area contributed by atoms with E-state index in [-0.39, 0.29) is 0 Å². The number of halogens is 2. The van der Waals surface area contributed by atoms with Gasteiger partial charge in [-0.2, -0.15) is 0 Å². The van der Waals surface area contributed by atoms with E-state index in [1.807, 2.05) is 25.1 Å². The highest BCUT2D eigenvalue weighted by atomic mass is 35.5. The molecule has 0 heterocycles. The van der Waals surface area contributed by atoms with Crippen LogP contribution < -0.4 is 5.32 Å². The van der Waals surface area contributed by atoms with Gasteiger partial charge in [-0.05, 0) is 61.1 Å². The summed E-state index contributed by atoms with van der Waals surface area (Å²) >= 11 is 12.2. The fraction of sp³-hybridized carbons (Fsp3) is 0.294. The van der Waals surface area contributed by atoms with E-state index >= 15 is 0 Å². The quantitative estimate of drug-likeness (QED) is 0.745. The Hall–Kier alpha value is -1.18. The van der Waals surface area contributed by atoms with Crippen molar-refractivity contribution in [2.45, 2.75) is 25.8 Å². The van der Waals surface area contributed by atoms with Crippen LogP contribution in [0, 0.1) is 12.8 Å². The summed E-state index contributed by atoms with van der Waals surface area (Å²) < 4.78 is 0. The molecule has 20 heavy (non-hydrogen) atoms. The maximum absolute atomic E-state index is 6.20. The fourth-order valence-corrected chi connectivity index (χ4v) is 2.74. The van der Waals surface area contributed by atoms with Gasteiger partial charge in [0.1, 0.15) is 0 Å². The minimum atomic E-state index is 0.339. The van der Waals surface area contributed by atoms with Crippen LogP contribution in [0.15, 0.2) is 42.5 Å². The van der Waals surface area contributed by atoms with Gasteiger partial charge >= 0.3 is 0 Å². The first-order valence-corrected chi connectivity index (χ1v) is 7.67. The standard InChI is InChI=1S/C17H17Cl2N/c1-11-2-9-15(10-16(11)19)20-17(12-3-4-12)13-5-7-14(18)8-6-13/h2,5-10,12,17,20H,3-4H2,1H3. The monoisotopic (exact) mass is 305 g/mol. The summed E-state index contributed by atoms with van der Waals surface area (Å²) in [6, 6.07) is 14.6. The second-order valence-corrected chi connectivity index (χ2v) is 6.32. The highest BCUT2D eigenvalue weighted by molar-refractivity contribution is 6.31. The van der Waals surface area contributed by atoms with E-state index in [0.29, 0.717) is 12.0 Å². The molecule has 0 bridgehead atoms. The fourth-order valence-electron chi connectivity index (χ4n) is 2.44. The van der Waals surface area contributed by atoms with Crippen molar-refractivity contribution >= 4 is 28.9 Å². The highest BCUT2D eigenvalue weighted by Crippen LogP contribution is 2.43. The highest BCUT2D eigenvalue weighted by Gasteiger charge is 2.32. The maximum atomic E-state index is 6.20. The van der Waals surface area contributed by atoms with E-state index in [2.05, 4.69) is 29.6 Å². The lowest BCUT2D eigenvalue weighted by molar-refractivity contribution is 0.679. The Morgan fingerprint density at radius 3 is 2.35 bits per heavy atom. The summed E-state index contributed by atoms with van der Waals surface area (Å²) in [5.74, 6) is 0.705. The number of benzene rings is 2. The van der Waals surface area contributed by atoms with Crippen LogP contribution in [0.4, 0.5) is 5.69 Å². The minimum absolute atomic E-state index is 0.339.